The van der Waals surface area contributed by atoms with Gasteiger partial charge in [0, 0.05) is 31.3 Å². The van der Waals surface area contributed by atoms with Gasteiger partial charge < -0.3 is 15.2 Å². The second-order valence-electron chi connectivity index (χ2n) is 10.3. The summed E-state index contributed by atoms with van der Waals surface area (Å²) >= 11 is 0. The quantitative estimate of drug-likeness (QED) is 0.543. The number of carbonyl (C=O) groups excluding carboxylic acids is 3. The van der Waals surface area contributed by atoms with Crippen LogP contribution in [0, 0.1) is 12.8 Å². The molecule has 1 saturated carbocycles. The lowest BCUT2D eigenvalue weighted by molar-refractivity contribution is -0.138. The van der Waals surface area contributed by atoms with E-state index in [2.05, 4.69) is 17.2 Å². The average Bonchev–Trinajstić information content (AvgIpc) is 3.51. The maximum Gasteiger partial charge on any atom is 0.225 e. The number of piperidine rings is 1. The molecule has 0 bridgehead atoms. The maximum atomic E-state index is 13.4. The van der Waals surface area contributed by atoms with E-state index in [0.717, 1.165) is 67.5 Å². The highest BCUT2D eigenvalue weighted by atomic mass is 16.2. The monoisotopic (exact) mass is 466 g/mol. The smallest absolute Gasteiger partial charge is 0.225 e. The number of nitrogens with zero attached hydrogens (tertiary/aromatic N) is 2. The summed E-state index contributed by atoms with van der Waals surface area (Å²) in [6, 6.07) is 5.43. The van der Waals surface area contributed by atoms with Crippen molar-refractivity contribution in [2.45, 2.75) is 96.6 Å². The molecule has 2 aliphatic rings. The van der Waals surface area contributed by atoms with Crippen LogP contribution in [0.3, 0.4) is 0 Å². The van der Waals surface area contributed by atoms with Crippen LogP contribution in [0.4, 0.5) is 0 Å². The molecule has 0 unspecified atom stereocenters. The minimum absolute atomic E-state index is 0.0244. The van der Waals surface area contributed by atoms with Gasteiger partial charge in [-0.2, -0.15) is 0 Å². The first-order valence-corrected chi connectivity index (χ1v) is 12.9. The molecule has 1 saturated heterocycles. The number of para-hydroxylation sites is 1. The van der Waals surface area contributed by atoms with Crippen LogP contribution >= 0.6 is 0 Å². The van der Waals surface area contributed by atoms with Crippen molar-refractivity contribution in [3.63, 3.8) is 0 Å². The van der Waals surface area contributed by atoms with E-state index in [0.29, 0.717) is 12.3 Å². The van der Waals surface area contributed by atoms with Gasteiger partial charge in [0.1, 0.15) is 5.82 Å². The topological polar surface area (TPSA) is 95.2 Å². The van der Waals surface area contributed by atoms with Crippen molar-refractivity contribution in [3.8, 4) is 0 Å². The predicted molar refractivity (Wildman–Crippen MR) is 132 cm³/mol. The summed E-state index contributed by atoms with van der Waals surface area (Å²) in [5, 5.41) is 2.92. The summed E-state index contributed by atoms with van der Waals surface area (Å²) in [7, 11) is 0. The number of amides is 2. The lowest BCUT2D eigenvalue weighted by Crippen LogP contribution is -2.49. The van der Waals surface area contributed by atoms with Crippen LogP contribution < -0.4 is 5.32 Å². The van der Waals surface area contributed by atoms with Gasteiger partial charge in [0.2, 0.25) is 11.8 Å². The molecule has 4 rings (SSSR count). The van der Waals surface area contributed by atoms with E-state index < -0.39 is 6.04 Å². The average molecular weight is 467 g/mol. The fraction of sp³-hybridized carbons (Fsp3) is 0.630. The zero-order chi connectivity index (χ0) is 24.2. The number of Topliss-reactive ketones (excluding diaryl/α,β-unsaturated/α-hetero) is 1. The van der Waals surface area contributed by atoms with E-state index in [9.17, 15) is 14.4 Å². The highest BCUT2D eigenvalue weighted by molar-refractivity contribution is 5.93. The zero-order valence-corrected chi connectivity index (χ0v) is 20.7. The Bertz CT molecular complexity index is 1040. The molecule has 3 atom stereocenters. The standard InChI is InChI=1S/C27H38N4O3/c1-4-20-9-5-6-13-31(20)25(34)16-22(28-24(33)15-19-11-12-19)23(32)14-18(3)27-29-21-10-7-8-17(2)26(21)30-27/h7-8,10,18-20,22H,4-6,9,11-16H2,1-3H3,(H,28,33)(H,29,30)/t18-,20+,22+/m1/s1. The summed E-state index contributed by atoms with van der Waals surface area (Å²) in [4.78, 5) is 49.2. The molecule has 0 radical (unpaired) electrons. The summed E-state index contributed by atoms with van der Waals surface area (Å²) in [5.74, 6) is 0.794. The molecule has 1 aromatic heterocycles. The molecule has 34 heavy (non-hydrogen) atoms. The molecule has 2 aromatic rings. The van der Waals surface area contributed by atoms with Crippen molar-refractivity contribution in [3.05, 3.63) is 29.6 Å². The summed E-state index contributed by atoms with van der Waals surface area (Å²) in [5.41, 5.74) is 2.95. The van der Waals surface area contributed by atoms with E-state index in [-0.39, 0.29) is 42.4 Å². The van der Waals surface area contributed by atoms with E-state index in [4.69, 9.17) is 4.98 Å². The number of hydrogen-bond acceptors (Lipinski definition) is 4. The lowest BCUT2D eigenvalue weighted by Gasteiger charge is -2.36. The maximum absolute atomic E-state index is 13.4. The number of imidazole rings is 1. The molecule has 0 spiro atoms. The normalized spacial score (nSPS) is 20.2. The van der Waals surface area contributed by atoms with Crippen LogP contribution in [0.15, 0.2) is 18.2 Å². The zero-order valence-electron chi connectivity index (χ0n) is 20.7. The van der Waals surface area contributed by atoms with E-state index >= 15 is 0 Å². The van der Waals surface area contributed by atoms with Crippen LogP contribution in [0.5, 0.6) is 0 Å². The van der Waals surface area contributed by atoms with E-state index in [1.165, 1.54) is 0 Å². The molecule has 2 fully saturated rings. The largest absolute Gasteiger partial charge is 0.346 e. The van der Waals surface area contributed by atoms with Crippen LogP contribution in [0.2, 0.25) is 0 Å². The van der Waals surface area contributed by atoms with Crippen molar-refractivity contribution in [2.24, 2.45) is 5.92 Å². The molecule has 7 heteroatoms. The Hall–Kier alpha value is -2.70. The molecule has 184 valence electrons. The Morgan fingerprint density at radius 3 is 2.68 bits per heavy atom. The minimum Gasteiger partial charge on any atom is -0.346 e. The first kappa shape index (κ1) is 24.4. The second-order valence-corrected chi connectivity index (χ2v) is 10.3. The fourth-order valence-corrected chi connectivity index (χ4v) is 5.10. The van der Waals surface area contributed by atoms with Gasteiger partial charge >= 0.3 is 0 Å². The number of aromatic amines is 1. The lowest BCUT2D eigenvalue weighted by atomic mass is 9.95. The van der Waals surface area contributed by atoms with Gasteiger partial charge in [0.15, 0.2) is 5.78 Å². The molecular weight excluding hydrogens is 428 g/mol. The van der Waals surface area contributed by atoms with E-state index in [1.54, 1.807) is 0 Å². The minimum atomic E-state index is -0.785. The van der Waals surface area contributed by atoms with Crippen molar-refractivity contribution in [1.82, 2.24) is 20.2 Å². The van der Waals surface area contributed by atoms with Crippen molar-refractivity contribution >= 4 is 28.6 Å². The number of nitrogens with one attached hydrogen (secondary N) is 2. The Labute approximate surface area is 202 Å². The van der Waals surface area contributed by atoms with Crippen molar-refractivity contribution in [2.75, 3.05) is 6.54 Å². The number of aryl methyl sites for hydroxylation is 1. The highest BCUT2D eigenvalue weighted by Gasteiger charge is 2.32. The van der Waals surface area contributed by atoms with Gasteiger partial charge in [-0.05, 0) is 63.0 Å². The van der Waals surface area contributed by atoms with Gasteiger partial charge in [-0.3, -0.25) is 14.4 Å². The Morgan fingerprint density at radius 2 is 1.97 bits per heavy atom. The second kappa shape index (κ2) is 10.7. The summed E-state index contributed by atoms with van der Waals surface area (Å²) in [6.07, 6.45) is 6.90. The Balaban J connectivity index is 1.46. The third kappa shape index (κ3) is 5.86. The number of hydrogen-bond donors (Lipinski definition) is 2. The molecule has 2 amide bonds. The fourth-order valence-electron chi connectivity index (χ4n) is 5.10. The molecule has 2 heterocycles. The molecular formula is C27H38N4O3. The number of ketones is 1. The predicted octanol–water partition coefficient (Wildman–Crippen LogP) is 4.40. The van der Waals surface area contributed by atoms with Crippen LogP contribution in [0.25, 0.3) is 11.0 Å². The Kier molecular flexibility index (Phi) is 7.69. The van der Waals surface area contributed by atoms with Crippen molar-refractivity contribution in [1.29, 1.82) is 0 Å². The number of aromatic nitrogens is 2. The molecule has 7 nitrogen and oxygen atoms in total. The van der Waals surface area contributed by atoms with Gasteiger partial charge in [0.05, 0.1) is 23.5 Å². The summed E-state index contributed by atoms with van der Waals surface area (Å²) in [6.45, 7) is 6.83. The van der Waals surface area contributed by atoms with Gasteiger partial charge in [-0.15, -0.1) is 0 Å². The number of H-pyrrole nitrogens is 1. The van der Waals surface area contributed by atoms with E-state index in [1.807, 2.05) is 36.9 Å². The molecule has 1 aliphatic heterocycles. The summed E-state index contributed by atoms with van der Waals surface area (Å²) < 4.78 is 0. The first-order chi connectivity index (χ1) is 16.4. The Morgan fingerprint density at radius 1 is 1.18 bits per heavy atom. The third-order valence-electron chi connectivity index (χ3n) is 7.40. The third-order valence-corrected chi connectivity index (χ3v) is 7.40. The van der Waals surface area contributed by atoms with Gasteiger partial charge in [-0.25, -0.2) is 4.98 Å². The molecule has 1 aliphatic carbocycles. The van der Waals surface area contributed by atoms with Gasteiger partial charge in [-0.1, -0.05) is 26.0 Å². The number of benzene rings is 1. The number of rotatable bonds is 10. The van der Waals surface area contributed by atoms with Crippen LogP contribution in [-0.2, 0) is 14.4 Å². The number of likely N-dealkylation sites (tertiary alicyclic amines) is 1. The molecule has 2 N–H and O–H groups in total. The number of carbonyl (C=O) groups is 3. The number of fused-ring (bicyclic) bond motifs is 1. The first-order valence-electron chi connectivity index (χ1n) is 12.9. The van der Waals surface area contributed by atoms with Crippen LogP contribution in [0.1, 0.15) is 88.9 Å². The highest BCUT2D eigenvalue weighted by Crippen LogP contribution is 2.32. The SMILES string of the molecule is CC[C@H]1CCCCN1C(=O)C[C@H](NC(=O)CC1CC1)C(=O)C[C@@H](C)c1nc2c(C)cccc2[nH]1. The van der Waals surface area contributed by atoms with Crippen LogP contribution in [-0.4, -0.2) is 51.1 Å². The van der Waals surface area contributed by atoms with Crippen molar-refractivity contribution < 1.29 is 14.4 Å². The molecule has 1 aromatic carbocycles. The van der Waals surface area contributed by atoms with Gasteiger partial charge in [0.25, 0.3) is 0 Å².